The summed E-state index contributed by atoms with van der Waals surface area (Å²) in [6, 6.07) is 16.3. The smallest absolute Gasteiger partial charge is 0.344 e. The number of nitrogens with one attached hydrogen (secondary N) is 3. The predicted molar refractivity (Wildman–Crippen MR) is 111 cm³/mol. The zero-order valence-electron chi connectivity index (χ0n) is 16.5. The van der Waals surface area contributed by atoms with Gasteiger partial charge in [-0.15, -0.1) is 0 Å². The lowest BCUT2D eigenvalue weighted by Gasteiger charge is -2.30. The molecule has 8 heteroatoms. The fourth-order valence-electron chi connectivity index (χ4n) is 3.84. The van der Waals surface area contributed by atoms with E-state index in [4.69, 9.17) is 4.74 Å². The van der Waals surface area contributed by atoms with Crippen LogP contribution in [0.15, 0.2) is 54.6 Å². The number of hydrogen-bond acceptors (Lipinski definition) is 5. The molecule has 0 radical (unpaired) electrons. The molecule has 1 aliphatic heterocycles. The number of carbonyl (C=O) groups is 3. The molecule has 1 aliphatic carbocycles. The first kappa shape index (κ1) is 19.8. The molecule has 30 heavy (non-hydrogen) atoms. The van der Waals surface area contributed by atoms with Crippen LogP contribution in [0.5, 0.6) is 5.75 Å². The third-order valence-corrected chi connectivity index (χ3v) is 5.39. The number of ether oxygens (including phenoxy) is 1. The van der Waals surface area contributed by atoms with Crippen molar-refractivity contribution in [3.63, 3.8) is 0 Å². The number of urea groups is 1. The molecule has 156 valence electrons. The highest BCUT2D eigenvalue weighted by Gasteiger charge is 2.52. The van der Waals surface area contributed by atoms with Gasteiger partial charge in [0.15, 0.2) is 6.61 Å². The maximum Gasteiger partial charge on any atom is 0.344 e. The summed E-state index contributed by atoms with van der Waals surface area (Å²) >= 11 is 0. The quantitative estimate of drug-likeness (QED) is 0.638. The highest BCUT2D eigenvalue weighted by Crippen LogP contribution is 2.33. The largest absolute Gasteiger partial charge is 0.484 e. The Morgan fingerprint density at radius 2 is 1.63 bits per heavy atom. The molecule has 0 aromatic heterocycles. The Morgan fingerprint density at radius 3 is 2.33 bits per heavy atom. The molecule has 4 rings (SSSR count). The van der Waals surface area contributed by atoms with Gasteiger partial charge in [0.1, 0.15) is 11.3 Å². The highest BCUT2D eigenvalue weighted by molar-refractivity contribution is 6.08. The molecule has 0 bridgehead atoms. The van der Waals surface area contributed by atoms with Gasteiger partial charge in [-0.3, -0.25) is 15.0 Å². The van der Waals surface area contributed by atoms with Crippen LogP contribution in [0.2, 0.25) is 0 Å². The number of amides is 4. The number of rotatable bonds is 6. The Labute approximate surface area is 174 Å². The van der Waals surface area contributed by atoms with E-state index in [0.717, 1.165) is 35.6 Å². The van der Waals surface area contributed by atoms with E-state index in [9.17, 15) is 14.4 Å². The van der Waals surface area contributed by atoms with Crippen LogP contribution in [-0.2, 0) is 9.59 Å². The number of hydrogen-bond donors (Lipinski definition) is 3. The van der Waals surface area contributed by atoms with Gasteiger partial charge in [0.05, 0.1) is 0 Å². The van der Waals surface area contributed by atoms with E-state index in [1.165, 1.54) is 0 Å². The molecule has 1 saturated carbocycles. The van der Waals surface area contributed by atoms with Crippen molar-refractivity contribution in [2.45, 2.75) is 37.6 Å². The fourth-order valence-corrected chi connectivity index (χ4v) is 3.84. The van der Waals surface area contributed by atoms with E-state index in [1.54, 1.807) is 12.1 Å². The van der Waals surface area contributed by atoms with E-state index in [2.05, 4.69) is 16.1 Å². The monoisotopic (exact) mass is 408 g/mol. The molecule has 0 atom stereocenters. The van der Waals surface area contributed by atoms with Gasteiger partial charge in [0.25, 0.3) is 11.8 Å². The first-order chi connectivity index (χ1) is 14.6. The topological polar surface area (TPSA) is 99.8 Å². The molecular weight excluding hydrogens is 384 g/mol. The molecule has 2 aliphatic rings. The number of carbonyl (C=O) groups excluding carboxylic acids is 3. The summed E-state index contributed by atoms with van der Waals surface area (Å²) in [4.78, 5) is 37.1. The minimum Gasteiger partial charge on any atom is -0.484 e. The summed E-state index contributed by atoms with van der Waals surface area (Å²) in [5.41, 5.74) is 3.34. The second kappa shape index (κ2) is 8.44. The average molecular weight is 408 g/mol. The van der Waals surface area contributed by atoms with Crippen molar-refractivity contribution >= 4 is 29.2 Å². The van der Waals surface area contributed by atoms with Crippen molar-refractivity contribution in [1.82, 2.24) is 15.8 Å². The molecule has 4 amide bonds. The second-order valence-corrected chi connectivity index (χ2v) is 7.55. The molecule has 2 aromatic carbocycles. The molecule has 1 spiro atoms. The van der Waals surface area contributed by atoms with Crippen molar-refractivity contribution in [2.75, 3.05) is 11.9 Å². The van der Waals surface area contributed by atoms with Crippen molar-refractivity contribution < 1.29 is 19.1 Å². The van der Waals surface area contributed by atoms with Crippen molar-refractivity contribution in [3.8, 4) is 5.75 Å². The highest BCUT2D eigenvalue weighted by atomic mass is 16.5. The van der Waals surface area contributed by atoms with Gasteiger partial charge in [-0.2, -0.15) is 5.01 Å². The molecule has 2 aromatic rings. The zero-order chi connectivity index (χ0) is 21.0. The van der Waals surface area contributed by atoms with Gasteiger partial charge < -0.3 is 15.4 Å². The molecule has 1 saturated heterocycles. The lowest BCUT2D eigenvalue weighted by atomic mass is 9.82. The summed E-state index contributed by atoms with van der Waals surface area (Å²) in [7, 11) is 0. The van der Waals surface area contributed by atoms with Crippen LogP contribution in [0.4, 0.5) is 16.2 Å². The van der Waals surface area contributed by atoms with Crippen LogP contribution in [0.1, 0.15) is 32.1 Å². The van der Waals surface area contributed by atoms with E-state index in [1.807, 2.05) is 42.5 Å². The molecule has 1 heterocycles. The molecule has 8 nitrogen and oxygen atoms in total. The van der Waals surface area contributed by atoms with Crippen LogP contribution in [0, 0.1) is 0 Å². The average Bonchev–Trinajstić information content (AvgIpc) is 2.98. The number of hydrazine groups is 1. The van der Waals surface area contributed by atoms with Crippen LogP contribution < -0.4 is 20.8 Å². The third kappa shape index (κ3) is 4.22. The van der Waals surface area contributed by atoms with Gasteiger partial charge in [-0.05, 0) is 49.2 Å². The van der Waals surface area contributed by atoms with Gasteiger partial charge in [0, 0.05) is 11.4 Å². The van der Waals surface area contributed by atoms with Crippen LogP contribution in [0.3, 0.4) is 0 Å². The maximum atomic E-state index is 12.7. The van der Waals surface area contributed by atoms with Gasteiger partial charge in [-0.1, -0.05) is 37.5 Å². The molecule has 2 fully saturated rings. The number of nitrogens with zero attached hydrogens (tertiary/aromatic N) is 1. The SMILES string of the molecule is O=C(COc1ccc(Nc2ccccc2)cc1)NN1C(=O)NC2(CCCCC2)C1=O. The Bertz CT molecular complexity index is 924. The summed E-state index contributed by atoms with van der Waals surface area (Å²) in [5, 5.41) is 6.79. The van der Waals surface area contributed by atoms with Crippen LogP contribution in [0.25, 0.3) is 0 Å². The molecular formula is C22H24N4O4. The fraction of sp³-hybridized carbons (Fsp3) is 0.318. The Morgan fingerprint density at radius 1 is 0.967 bits per heavy atom. The van der Waals surface area contributed by atoms with Gasteiger partial charge in [0.2, 0.25) is 0 Å². The summed E-state index contributed by atoms with van der Waals surface area (Å²) in [6.07, 6.45) is 4.01. The first-order valence-corrected chi connectivity index (χ1v) is 10.1. The molecule has 0 unspecified atom stereocenters. The van der Waals surface area contributed by atoms with Crippen LogP contribution >= 0.6 is 0 Å². The zero-order valence-corrected chi connectivity index (χ0v) is 16.5. The number of imide groups is 1. The summed E-state index contributed by atoms with van der Waals surface area (Å²) in [6.45, 7) is -0.310. The number of anilines is 2. The lowest BCUT2D eigenvalue weighted by molar-refractivity contribution is -0.140. The Balaban J connectivity index is 1.28. The van der Waals surface area contributed by atoms with E-state index in [0.29, 0.717) is 18.6 Å². The second-order valence-electron chi connectivity index (χ2n) is 7.55. The maximum absolute atomic E-state index is 12.7. The van der Waals surface area contributed by atoms with Crippen LogP contribution in [-0.4, -0.2) is 35.0 Å². The summed E-state index contributed by atoms with van der Waals surface area (Å²) in [5.74, 6) is -0.459. The predicted octanol–water partition coefficient (Wildman–Crippen LogP) is 3.09. The molecule has 3 N–H and O–H groups in total. The normalized spacial score (nSPS) is 17.5. The van der Waals surface area contributed by atoms with Gasteiger partial charge >= 0.3 is 6.03 Å². The minimum atomic E-state index is -0.870. The Hall–Kier alpha value is -3.55. The first-order valence-electron chi connectivity index (χ1n) is 10.1. The Kier molecular flexibility index (Phi) is 5.56. The minimum absolute atomic E-state index is 0.310. The standard InChI is InChI=1S/C22H24N4O4/c27-19(25-26-20(28)22(24-21(26)29)13-5-2-6-14-22)15-30-18-11-9-17(10-12-18)23-16-7-3-1-4-8-16/h1,3-4,7-12,23H,2,5-6,13-15H2,(H,24,29)(H,25,27). The van der Waals surface area contributed by atoms with E-state index < -0.39 is 23.4 Å². The summed E-state index contributed by atoms with van der Waals surface area (Å²) < 4.78 is 5.48. The van der Waals surface area contributed by atoms with Gasteiger partial charge in [-0.25, -0.2) is 4.79 Å². The van der Waals surface area contributed by atoms with Crippen molar-refractivity contribution in [2.24, 2.45) is 0 Å². The van der Waals surface area contributed by atoms with E-state index >= 15 is 0 Å². The van der Waals surface area contributed by atoms with E-state index in [-0.39, 0.29) is 6.61 Å². The number of benzene rings is 2. The van der Waals surface area contributed by atoms with Crippen molar-refractivity contribution in [3.05, 3.63) is 54.6 Å². The number of para-hydroxylation sites is 1. The van der Waals surface area contributed by atoms with Crippen molar-refractivity contribution in [1.29, 1.82) is 0 Å². The lowest BCUT2D eigenvalue weighted by Crippen LogP contribution is -2.51. The third-order valence-electron chi connectivity index (χ3n) is 5.39.